The first-order chi connectivity index (χ1) is 14.0. The Bertz CT molecular complexity index is 915. The Morgan fingerprint density at radius 2 is 1.63 bits per heavy atom. The third-order valence-corrected chi connectivity index (χ3v) is 12.7. The van der Waals surface area contributed by atoms with Crippen LogP contribution < -0.4 is 10.1 Å². The van der Waals surface area contributed by atoms with Gasteiger partial charge in [0.2, 0.25) is 0 Å². The topological polar surface area (TPSA) is 58.6 Å². The number of hydrogen-bond donors (Lipinski definition) is 1. The number of para-hydroxylation sites is 1. The number of benzene rings is 2. The number of β-lactam (4-membered cyclic amide) rings is 1. The van der Waals surface area contributed by atoms with Gasteiger partial charge in [-0.1, -0.05) is 0 Å². The van der Waals surface area contributed by atoms with Crippen molar-refractivity contribution in [2.45, 2.75) is 49.4 Å². The van der Waals surface area contributed by atoms with E-state index in [1.807, 2.05) is 53.1 Å². The summed E-state index contributed by atoms with van der Waals surface area (Å²) in [6.07, 6.45) is 0. The zero-order chi connectivity index (χ0) is 22.2. The van der Waals surface area contributed by atoms with Crippen LogP contribution in [0.4, 0.5) is 0 Å². The maximum atomic E-state index is 13.5. The molecular formula is C23H30N2O3SeSi. The van der Waals surface area contributed by atoms with Gasteiger partial charge in [-0.05, 0) is 0 Å². The molecule has 1 heterocycles. The van der Waals surface area contributed by atoms with Gasteiger partial charge < -0.3 is 0 Å². The van der Waals surface area contributed by atoms with Crippen molar-refractivity contribution in [3.8, 4) is 5.75 Å². The second-order valence-corrected chi connectivity index (χ2v) is 15.8. The number of hydrogen-bond acceptors (Lipinski definition) is 3. The van der Waals surface area contributed by atoms with Gasteiger partial charge >= 0.3 is 188 Å². The molecule has 5 nitrogen and oxygen atoms in total. The molecule has 0 bridgehead atoms. The summed E-state index contributed by atoms with van der Waals surface area (Å²) in [5, 5.41) is 2.94. The third kappa shape index (κ3) is 4.06. The summed E-state index contributed by atoms with van der Waals surface area (Å²) < 4.78 is 6.56. The predicted octanol–water partition coefficient (Wildman–Crippen LogP) is 3.37. The fourth-order valence-corrected chi connectivity index (χ4v) is 7.42. The van der Waals surface area contributed by atoms with Gasteiger partial charge in [0.15, 0.2) is 0 Å². The summed E-state index contributed by atoms with van der Waals surface area (Å²) in [7, 11) is -2.15. The number of nitrogens with one attached hydrogen (secondary N) is 1. The van der Waals surface area contributed by atoms with Crippen LogP contribution in [-0.2, 0) is 9.59 Å². The quantitative estimate of drug-likeness (QED) is 0.500. The Hall–Kier alpha value is -2.08. The second kappa shape index (κ2) is 8.21. The summed E-state index contributed by atoms with van der Waals surface area (Å²) in [6, 6.07) is 18.9. The van der Waals surface area contributed by atoms with Crippen molar-refractivity contribution >= 4 is 36.1 Å². The molecule has 2 atom stereocenters. The summed E-state index contributed by atoms with van der Waals surface area (Å²) in [5.74, 6) is 0.259. The molecule has 0 radical (unpaired) electrons. The molecule has 2 amide bonds. The first-order valence-corrected chi connectivity index (χ1v) is 14.0. The molecule has 0 aliphatic carbocycles. The van der Waals surface area contributed by atoms with E-state index in [2.05, 4.69) is 55.2 Å². The van der Waals surface area contributed by atoms with Crippen molar-refractivity contribution in [1.29, 1.82) is 0 Å². The van der Waals surface area contributed by atoms with Crippen LogP contribution >= 0.6 is 0 Å². The van der Waals surface area contributed by atoms with Gasteiger partial charge in [-0.2, -0.15) is 0 Å². The van der Waals surface area contributed by atoms with E-state index in [0.29, 0.717) is 5.75 Å². The van der Waals surface area contributed by atoms with E-state index < -0.39 is 12.7 Å². The minimum absolute atomic E-state index is 0.00947. The number of ether oxygens (including phenoxy) is 1. The molecule has 160 valence electrons. The minimum atomic E-state index is -2.15. The molecule has 1 saturated heterocycles. The molecule has 1 aliphatic rings. The van der Waals surface area contributed by atoms with Crippen molar-refractivity contribution in [3.05, 3.63) is 66.2 Å². The van der Waals surface area contributed by atoms with E-state index in [1.165, 1.54) is 0 Å². The van der Waals surface area contributed by atoms with Crippen molar-refractivity contribution in [2.24, 2.45) is 0 Å². The van der Waals surface area contributed by atoms with E-state index >= 15 is 0 Å². The van der Waals surface area contributed by atoms with E-state index in [9.17, 15) is 9.59 Å². The summed E-state index contributed by atoms with van der Waals surface area (Å²) >= 11 is 2.42. The molecule has 2 aromatic carbocycles. The Kier molecular flexibility index (Phi) is 6.19. The van der Waals surface area contributed by atoms with Crippen LogP contribution in [0.15, 0.2) is 60.7 Å². The zero-order valence-electron chi connectivity index (χ0n) is 18.2. The van der Waals surface area contributed by atoms with Crippen molar-refractivity contribution in [1.82, 2.24) is 9.88 Å². The molecule has 0 saturated carbocycles. The predicted molar refractivity (Wildman–Crippen MR) is 123 cm³/mol. The average molecular weight is 490 g/mol. The van der Waals surface area contributed by atoms with Crippen molar-refractivity contribution in [2.75, 3.05) is 6.61 Å². The Labute approximate surface area is 188 Å². The van der Waals surface area contributed by atoms with Gasteiger partial charge in [0.05, 0.1) is 0 Å². The van der Waals surface area contributed by atoms with Crippen LogP contribution in [0.2, 0.25) is 18.1 Å². The van der Waals surface area contributed by atoms with Gasteiger partial charge in [0.25, 0.3) is 0 Å². The number of carbonyl (C=O) groups excluding carboxylic acids is 2. The fraction of sp³-hybridized carbons (Fsp3) is 0.391. The van der Waals surface area contributed by atoms with Crippen LogP contribution in [0.5, 0.6) is 5.75 Å². The molecule has 0 aromatic heterocycles. The molecule has 0 spiro atoms. The van der Waals surface area contributed by atoms with Crippen LogP contribution in [0.1, 0.15) is 32.4 Å². The molecule has 1 aliphatic heterocycles. The molecular weight excluding hydrogens is 459 g/mol. The third-order valence-electron chi connectivity index (χ3n) is 6.19. The van der Waals surface area contributed by atoms with Gasteiger partial charge in [-0.25, -0.2) is 0 Å². The Morgan fingerprint density at radius 3 is 2.17 bits per heavy atom. The normalized spacial score (nSPS) is 21.7. The number of nitrogens with zero attached hydrogens (tertiary/aromatic N) is 1. The van der Waals surface area contributed by atoms with Crippen LogP contribution in [0.25, 0.3) is 0 Å². The van der Waals surface area contributed by atoms with Crippen molar-refractivity contribution in [3.63, 3.8) is 0 Å². The van der Waals surface area contributed by atoms with Crippen molar-refractivity contribution < 1.29 is 14.3 Å². The SMILES string of the molecule is CC(C)(C)[Si](C)(C)N1C(=O)[C@@]([SeH])(NC(=O)COc2ccccc2)C1c1ccccc1. The maximum absolute atomic E-state index is 13.5. The molecule has 1 N–H and O–H groups in total. The van der Waals surface area contributed by atoms with Gasteiger partial charge in [-0.15, -0.1) is 0 Å². The van der Waals surface area contributed by atoms with Gasteiger partial charge in [0.1, 0.15) is 0 Å². The monoisotopic (exact) mass is 490 g/mol. The number of rotatable bonds is 6. The first kappa shape index (κ1) is 22.6. The summed E-state index contributed by atoms with van der Waals surface area (Å²) in [4.78, 5) is 26.2. The fourth-order valence-electron chi connectivity index (χ4n) is 3.54. The molecule has 2 aromatic rings. The van der Waals surface area contributed by atoms with E-state index in [0.717, 1.165) is 5.56 Å². The van der Waals surface area contributed by atoms with Crippen LogP contribution in [0, 0.1) is 0 Å². The standard InChI is InChI=1S/C23H30N2O3SeSi/c1-22(2,3)30(4,5)25-20(17-12-8-6-9-13-17)23(29,21(25)27)24-19(26)16-28-18-14-10-7-11-15-18/h6-15,20,29H,16H2,1-5H3,(H,24,26)/t20?,23-/m1/s1. The zero-order valence-corrected chi connectivity index (χ0v) is 21.1. The molecule has 1 unspecified atom stereocenters. The Morgan fingerprint density at radius 1 is 1.10 bits per heavy atom. The number of amides is 2. The van der Waals surface area contributed by atoms with Crippen LogP contribution in [0.3, 0.4) is 0 Å². The molecule has 3 rings (SSSR count). The van der Waals surface area contributed by atoms with Crippen LogP contribution in [-0.4, -0.2) is 51.7 Å². The molecule has 1 fully saturated rings. The Balaban J connectivity index is 1.85. The molecule has 7 heteroatoms. The van der Waals surface area contributed by atoms with Gasteiger partial charge in [-0.3, -0.25) is 0 Å². The van der Waals surface area contributed by atoms with E-state index in [1.54, 1.807) is 12.1 Å². The van der Waals surface area contributed by atoms with Gasteiger partial charge in [0, 0.05) is 0 Å². The summed E-state index contributed by atoms with van der Waals surface area (Å²) in [5.41, 5.74) is 1.02. The van der Waals surface area contributed by atoms with E-state index in [4.69, 9.17) is 4.74 Å². The van der Waals surface area contributed by atoms with E-state index in [-0.39, 0.29) is 29.5 Å². The second-order valence-electron chi connectivity index (χ2n) is 9.21. The first-order valence-electron chi connectivity index (χ1n) is 10.1. The summed E-state index contributed by atoms with van der Waals surface area (Å²) in [6.45, 7) is 10.8. The molecule has 30 heavy (non-hydrogen) atoms. The average Bonchev–Trinajstić information content (AvgIpc) is 2.70. The number of carbonyl (C=O) groups is 2.